The highest BCUT2D eigenvalue weighted by Gasteiger charge is 2.34. The molecule has 2 aromatic rings. The van der Waals surface area contributed by atoms with E-state index in [1.165, 1.54) is 0 Å². The highest BCUT2D eigenvalue weighted by molar-refractivity contribution is 7.89. The first-order valence-corrected chi connectivity index (χ1v) is 11.6. The molecule has 2 aromatic carbocycles. The van der Waals surface area contributed by atoms with Crippen molar-refractivity contribution in [1.29, 1.82) is 5.26 Å². The molecule has 1 aliphatic rings. The van der Waals surface area contributed by atoms with Crippen LogP contribution in [-0.4, -0.2) is 44.2 Å². The van der Waals surface area contributed by atoms with E-state index in [1.807, 2.05) is 43.3 Å². The van der Waals surface area contributed by atoms with E-state index in [-0.39, 0.29) is 18.3 Å². The molecule has 6 nitrogen and oxygen atoms in total. The van der Waals surface area contributed by atoms with Crippen LogP contribution in [0.3, 0.4) is 0 Å². The minimum atomic E-state index is -3.43. The Morgan fingerprint density at radius 2 is 1.97 bits per heavy atom. The van der Waals surface area contributed by atoms with Crippen LogP contribution >= 0.6 is 0 Å². The van der Waals surface area contributed by atoms with Crippen LogP contribution < -0.4 is 10.6 Å². The zero-order valence-electron chi connectivity index (χ0n) is 16.8. The summed E-state index contributed by atoms with van der Waals surface area (Å²) in [5.74, 6) is 0.114. The first-order chi connectivity index (χ1) is 14.0. The Balaban J connectivity index is 2.06. The Bertz CT molecular complexity index is 970. The maximum atomic E-state index is 13.2. The molecule has 154 valence electrons. The van der Waals surface area contributed by atoms with Gasteiger partial charge in [-0.3, -0.25) is 0 Å². The van der Waals surface area contributed by atoms with E-state index in [9.17, 15) is 13.7 Å². The Labute approximate surface area is 173 Å². The number of hydrogen-bond acceptors (Lipinski definition) is 5. The van der Waals surface area contributed by atoms with Crippen LogP contribution in [0.2, 0.25) is 0 Å². The molecular formula is C22H28N4O2S. The second-order valence-corrected chi connectivity index (χ2v) is 9.44. The third-order valence-electron chi connectivity index (χ3n) is 5.25. The van der Waals surface area contributed by atoms with Crippen molar-refractivity contribution in [3.8, 4) is 6.07 Å². The van der Waals surface area contributed by atoms with Gasteiger partial charge in [-0.2, -0.15) is 9.57 Å². The van der Waals surface area contributed by atoms with Crippen LogP contribution in [0.15, 0.2) is 48.5 Å². The maximum absolute atomic E-state index is 13.2. The van der Waals surface area contributed by atoms with Crippen molar-refractivity contribution in [3.05, 3.63) is 65.2 Å². The van der Waals surface area contributed by atoms with Crippen molar-refractivity contribution in [2.75, 3.05) is 30.3 Å². The number of nitrogens with two attached hydrogens (primary N) is 1. The quantitative estimate of drug-likeness (QED) is 0.754. The summed E-state index contributed by atoms with van der Waals surface area (Å²) in [5.41, 5.74) is 9.31. The predicted molar refractivity (Wildman–Crippen MR) is 116 cm³/mol. The van der Waals surface area contributed by atoms with E-state index in [0.29, 0.717) is 38.0 Å². The van der Waals surface area contributed by atoms with Gasteiger partial charge in [0.05, 0.1) is 17.4 Å². The van der Waals surface area contributed by atoms with Crippen molar-refractivity contribution in [2.45, 2.75) is 32.4 Å². The molecule has 0 aliphatic carbocycles. The molecule has 0 saturated heterocycles. The molecule has 1 atom stereocenters. The average molecular weight is 413 g/mol. The number of fused-ring (bicyclic) bond motifs is 1. The summed E-state index contributed by atoms with van der Waals surface area (Å²) in [6.07, 6.45) is 1.19. The van der Waals surface area contributed by atoms with Crippen LogP contribution in [0.4, 0.5) is 5.69 Å². The molecule has 0 amide bonds. The topological polar surface area (TPSA) is 90.4 Å². The second kappa shape index (κ2) is 9.40. The molecule has 1 heterocycles. The van der Waals surface area contributed by atoms with Crippen molar-refractivity contribution < 1.29 is 8.42 Å². The lowest BCUT2D eigenvalue weighted by molar-refractivity contribution is 0.318. The van der Waals surface area contributed by atoms with E-state index in [4.69, 9.17) is 5.73 Å². The van der Waals surface area contributed by atoms with Crippen LogP contribution in [-0.2, 0) is 23.0 Å². The van der Waals surface area contributed by atoms with Crippen LogP contribution in [0.1, 0.15) is 30.0 Å². The minimum absolute atomic E-state index is 0.114. The van der Waals surface area contributed by atoms with Gasteiger partial charge >= 0.3 is 0 Å². The Morgan fingerprint density at radius 1 is 1.21 bits per heavy atom. The smallest absolute Gasteiger partial charge is 0.214 e. The lowest BCUT2D eigenvalue weighted by atomic mass is 10.1. The monoisotopic (exact) mass is 412 g/mol. The fourth-order valence-corrected chi connectivity index (χ4v) is 5.63. The highest BCUT2D eigenvalue weighted by atomic mass is 32.2. The van der Waals surface area contributed by atoms with Crippen LogP contribution in [0.5, 0.6) is 0 Å². The van der Waals surface area contributed by atoms with E-state index in [1.54, 1.807) is 16.4 Å². The average Bonchev–Trinajstić information content (AvgIpc) is 2.86. The first kappa shape index (κ1) is 21.3. The van der Waals surface area contributed by atoms with Gasteiger partial charge in [0, 0.05) is 37.9 Å². The van der Waals surface area contributed by atoms with E-state index < -0.39 is 10.0 Å². The van der Waals surface area contributed by atoms with Crippen molar-refractivity contribution in [2.24, 2.45) is 5.73 Å². The van der Waals surface area contributed by atoms with E-state index >= 15 is 0 Å². The molecule has 7 heteroatoms. The first-order valence-electron chi connectivity index (χ1n) is 10.00. The highest BCUT2D eigenvalue weighted by Crippen LogP contribution is 2.31. The van der Waals surface area contributed by atoms with E-state index in [0.717, 1.165) is 16.8 Å². The van der Waals surface area contributed by atoms with Gasteiger partial charge in [0.2, 0.25) is 10.0 Å². The molecule has 0 saturated carbocycles. The Morgan fingerprint density at radius 3 is 2.62 bits per heavy atom. The molecule has 0 spiro atoms. The van der Waals surface area contributed by atoms with Gasteiger partial charge in [-0.15, -0.1) is 0 Å². The Kier molecular flexibility index (Phi) is 6.91. The normalized spacial score (nSPS) is 17.4. The molecule has 0 bridgehead atoms. The fourth-order valence-electron chi connectivity index (χ4n) is 3.95. The minimum Gasteiger partial charge on any atom is -0.368 e. The van der Waals surface area contributed by atoms with E-state index in [2.05, 4.69) is 11.0 Å². The van der Waals surface area contributed by atoms with Gasteiger partial charge in [-0.25, -0.2) is 8.42 Å². The van der Waals surface area contributed by atoms with Gasteiger partial charge in [0.25, 0.3) is 0 Å². The number of rotatable bonds is 7. The number of benzene rings is 2. The lowest BCUT2D eigenvalue weighted by Gasteiger charge is -2.32. The number of nitriles is 1. The summed E-state index contributed by atoms with van der Waals surface area (Å²) in [4.78, 5) is 2.16. The second-order valence-electron chi connectivity index (χ2n) is 7.39. The summed E-state index contributed by atoms with van der Waals surface area (Å²) in [6, 6.07) is 17.4. The van der Waals surface area contributed by atoms with Crippen molar-refractivity contribution >= 4 is 15.7 Å². The van der Waals surface area contributed by atoms with Gasteiger partial charge in [-0.1, -0.05) is 37.3 Å². The SMILES string of the molecule is CCCS(=O)(=O)N1Cc2cc(C#N)ccc2N(CCN)CC1Cc1ccccc1. The molecule has 1 unspecified atom stereocenters. The fraction of sp³-hybridized carbons (Fsp3) is 0.409. The third-order valence-corrected chi connectivity index (χ3v) is 7.31. The summed E-state index contributed by atoms with van der Waals surface area (Å²) >= 11 is 0. The molecule has 0 fully saturated rings. The zero-order valence-corrected chi connectivity index (χ0v) is 17.6. The van der Waals surface area contributed by atoms with Gasteiger partial charge in [-0.05, 0) is 42.2 Å². The molecule has 29 heavy (non-hydrogen) atoms. The number of sulfonamides is 1. The summed E-state index contributed by atoms with van der Waals surface area (Å²) in [5, 5.41) is 9.32. The number of nitrogens with zero attached hydrogens (tertiary/aromatic N) is 3. The van der Waals surface area contributed by atoms with Crippen molar-refractivity contribution in [1.82, 2.24) is 4.31 Å². The molecule has 0 radical (unpaired) electrons. The van der Waals surface area contributed by atoms with Crippen LogP contribution in [0, 0.1) is 11.3 Å². The van der Waals surface area contributed by atoms with Gasteiger partial charge in [0.1, 0.15) is 0 Å². The van der Waals surface area contributed by atoms with Gasteiger partial charge in [0.15, 0.2) is 0 Å². The summed E-state index contributed by atoms with van der Waals surface area (Å²) in [6.45, 7) is 3.81. The zero-order chi connectivity index (χ0) is 20.9. The predicted octanol–water partition coefficient (Wildman–Crippen LogP) is 2.49. The third kappa shape index (κ3) is 4.96. The molecular weight excluding hydrogens is 384 g/mol. The standard InChI is InChI=1S/C22H28N4O2S/c1-2-12-29(27,28)26-16-20-13-19(15-24)8-9-22(20)25(11-10-23)17-21(26)14-18-6-4-3-5-7-18/h3-9,13,21H,2,10-12,14,16-17,23H2,1H3. The molecule has 0 aromatic heterocycles. The van der Waals surface area contributed by atoms with Crippen molar-refractivity contribution in [3.63, 3.8) is 0 Å². The molecule has 1 aliphatic heterocycles. The maximum Gasteiger partial charge on any atom is 0.214 e. The number of anilines is 1. The summed E-state index contributed by atoms with van der Waals surface area (Å²) < 4.78 is 28.0. The molecule has 2 N–H and O–H groups in total. The van der Waals surface area contributed by atoms with Crippen LogP contribution in [0.25, 0.3) is 0 Å². The summed E-state index contributed by atoms with van der Waals surface area (Å²) in [7, 11) is -3.43. The van der Waals surface area contributed by atoms with Gasteiger partial charge < -0.3 is 10.6 Å². The lowest BCUT2D eigenvalue weighted by Crippen LogP contribution is -2.47. The Hall–Kier alpha value is -2.40. The number of hydrogen-bond donors (Lipinski definition) is 1. The largest absolute Gasteiger partial charge is 0.368 e. The molecule has 3 rings (SSSR count).